The van der Waals surface area contributed by atoms with E-state index in [4.69, 9.17) is 10.8 Å². The van der Waals surface area contributed by atoms with E-state index in [9.17, 15) is 13.6 Å². The zero-order valence-corrected chi connectivity index (χ0v) is 7.56. The van der Waals surface area contributed by atoms with Gasteiger partial charge >= 0.3 is 12.6 Å². The van der Waals surface area contributed by atoms with Crippen molar-refractivity contribution >= 4 is 5.97 Å². The molecule has 82 valence electrons. The summed E-state index contributed by atoms with van der Waals surface area (Å²) in [6.45, 7) is -3.01. The third-order valence-electron chi connectivity index (χ3n) is 1.74. The molecule has 0 saturated heterocycles. The molecule has 4 nitrogen and oxygen atoms in total. The number of carboxylic acid groups (broad SMARTS) is 1. The largest absolute Gasteiger partial charge is 0.480 e. The van der Waals surface area contributed by atoms with Crippen LogP contribution < -0.4 is 10.5 Å². The molecule has 1 aromatic rings. The van der Waals surface area contributed by atoms with Crippen LogP contribution in [0, 0.1) is 0 Å². The number of hydrogen-bond acceptors (Lipinski definition) is 3. The van der Waals surface area contributed by atoms with Gasteiger partial charge in [0.2, 0.25) is 0 Å². The Balaban J connectivity index is 3.00. The fourth-order valence-corrected chi connectivity index (χ4v) is 1.07. The lowest BCUT2D eigenvalue weighted by Gasteiger charge is -2.12. The van der Waals surface area contributed by atoms with Crippen LogP contribution in [0.3, 0.4) is 0 Å². The third-order valence-corrected chi connectivity index (χ3v) is 1.74. The maximum absolute atomic E-state index is 12.0. The Hall–Kier alpha value is -1.69. The maximum Gasteiger partial charge on any atom is 0.387 e. The van der Waals surface area contributed by atoms with Gasteiger partial charge in [-0.1, -0.05) is 18.2 Å². The molecule has 3 N–H and O–H groups in total. The number of benzene rings is 1. The molecule has 0 saturated carbocycles. The van der Waals surface area contributed by atoms with Crippen molar-refractivity contribution in [2.45, 2.75) is 12.7 Å². The molecular formula is C9H9F2NO3. The normalized spacial score (nSPS) is 12.5. The molecule has 1 rings (SSSR count). The zero-order valence-electron chi connectivity index (χ0n) is 7.56. The van der Waals surface area contributed by atoms with Crippen molar-refractivity contribution in [2.75, 3.05) is 0 Å². The van der Waals surface area contributed by atoms with Gasteiger partial charge in [-0.3, -0.25) is 4.79 Å². The van der Waals surface area contributed by atoms with E-state index in [1.165, 1.54) is 24.3 Å². The van der Waals surface area contributed by atoms with E-state index in [1.807, 2.05) is 0 Å². The van der Waals surface area contributed by atoms with Crippen LogP contribution in [0.1, 0.15) is 11.6 Å². The summed E-state index contributed by atoms with van der Waals surface area (Å²) < 4.78 is 28.0. The van der Waals surface area contributed by atoms with Crippen molar-refractivity contribution in [3.8, 4) is 5.75 Å². The number of hydrogen-bond donors (Lipinski definition) is 2. The van der Waals surface area contributed by atoms with E-state index in [-0.39, 0.29) is 11.3 Å². The van der Waals surface area contributed by atoms with Gasteiger partial charge in [0, 0.05) is 5.56 Å². The smallest absolute Gasteiger partial charge is 0.387 e. The number of aliphatic carboxylic acids is 1. The molecule has 0 aliphatic heterocycles. The van der Waals surface area contributed by atoms with Gasteiger partial charge in [0.15, 0.2) is 0 Å². The second-order valence-corrected chi connectivity index (χ2v) is 2.73. The topological polar surface area (TPSA) is 72.6 Å². The molecule has 0 aromatic heterocycles. The first-order valence-electron chi connectivity index (χ1n) is 4.04. The molecule has 0 aliphatic rings. The molecule has 0 bridgehead atoms. The van der Waals surface area contributed by atoms with Gasteiger partial charge in [0.1, 0.15) is 11.8 Å². The van der Waals surface area contributed by atoms with Crippen LogP contribution in [0.15, 0.2) is 24.3 Å². The first-order valence-corrected chi connectivity index (χ1v) is 4.04. The van der Waals surface area contributed by atoms with E-state index in [0.29, 0.717) is 0 Å². The summed E-state index contributed by atoms with van der Waals surface area (Å²) in [6.07, 6.45) is 0. The van der Waals surface area contributed by atoms with E-state index in [0.717, 1.165) is 0 Å². The highest BCUT2D eigenvalue weighted by Crippen LogP contribution is 2.25. The zero-order chi connectivity index (χ0) is 11.4. The number of carbonyl (C=O) groups is 1. The highest BCUT2D eigenvalue weighted by atomic mass is 19.3. The molecule has 0 fully saturated rings. The minimum atomic E-state index is -3.01. The molecular weight excluding hydrogens is 208 g/mol. The second kappa shape index (κ2) is 4.70. The van der Waals surface area contributed by atoms with Crippen molar-refractivity contribution in [1.82, 2.24) is 0 Å². The molecule has 15 heavy (non-hydrogen) atoms. The summed E-state index contributed by atoms with van der Waals surface area (Å²) in [5.74, 6) is -1.53. The highest BCUT2D eigenvalue weighted by molar-refractivity contribution is 5.76. The van der Waals surface area contributed by atoms with Crippen LogP contribution >= 0.6 is 0 Å². The average molecular weight is 217 g/mol. The quantitative estimate of drug-likeness (QED) is 0.798. The predicted octanol–water partition coefficient (Wildman–Crippen LogP) is 1.37. The summed E-state index contributed by atoms with van der Waals surface area (Å²) >= 11 is 0. The molecule has 6 heteroatoms. The molecule has 1 aromatic carbocycles. The number of ether oxygens (including phenoxy) is 1. The minimum absolute atomic E-state index is 0.0188. The van der Waals surface area contributed by atoms with Crippen LogP contribution in [-0.2, 0) is 4.79 Å². The van der Waals surface area contributed by atoms with Crippen molar-refractivity contribution in [1.29, 1.82) is 0 Å². The molecule has 0 amide bonds. The van der Waals surface area contributed by atoms with Crippen molar-refractivity contribution in [2.24, 2.45) is 5.73 Å². The fraction of sp³-hybridized carbons (Fsp3) is 0.222. The molecule has 0 spiro atoms. The Labute approximate surface area is 84.3 Å². The number of halogens is 2. The molecule has 0 radical (unpaired) electrons. The first kappa shape index (κ1) is 11.4. The SMILES string of the molecule is NC(C(=O)O)c1ccccc1OC(F)F. The third kappa shape index (κ3) is 2.88. The summed E-state index contributed by atoms with van der Waals surface area (Å²) in [5.41, 5.74) is 5.31. The Morgan fingerprint density at radius 2 is 2.00 bits per heavy atom. The van der Waals surface area contributed by atoms with Crippen LogP contribution in [-0.4, -0.2) is 17.7 Å². The number of carboxylic acids is 1. The van der Waals surface area contributed by atoms with Crippen molar-refractivity contribution < 1.29 is 23.4 Å². The van der Waals surface area contributed by atoms with E-state index < -0.39 is 18.6 Å². The Bertz CT molecular complexity index is 357. The van der Waals surface area contributed by atoms with Crippen LogP contribution in [0.4, 0.5) is 8.78 Å². The molecule has 0 aliphatic carbocycles. The monoisotopic (exact) mass is 217 g/mol. The van der Waals surface area contributed by atoms with E-state index in [1.54, 1.807) is 0 Å². The highest BCUT2D eigenvalue weighted by Gasteiger charge is 2.19. The Kier molecular flexibility index (Phi) is 3.56. The second-order valence-electron chi connectivity index (χ2n) is 2.73. The summed E-state index contributed by atoms with van der Waals surface area (Å²) in [5, 5.41) is 8.63. The van der Waals surface area contributed by atoms with Gasteiger partial charge in [-0.25, -0.2) is 0 Å². The molecule has 0 heterocycles. The molecule has 1 unspecified atom stereocenters. The number of alkyl halides is 2. The lowest BCUT2D eigenvalue weighted by molar-refractivity contribution is -0.138. The van der Waals surface area contributed by atoms with E-state index >= 15 is 0 Å². The first-order chi connectivity index (χ1) is 7.02. The fourth-order valence-electron chi connectivity index (χ4n) is 1.07. The Morgan fingerprint density at radius 3 is 2.53 bits per heavy atom. The van der Waals surface area contributed by atoms with Crippen molar-refractivity contribution in [3.05, 3.63) is 29.8 Å². The molecule has 1 atom stereocenters. The van der Waals surface area contributed by atoms with Gasteiger partial charge in [0.05, 0.1) is 0 Å². The standard InChI is InChI=1S/C9H9F2NO3/c10-9(11)15-6-4-2-1-3-5(6)7(12)8(13)14/h1-4,7,9H,12H2,(H,13,14). The number of para-hydroxylation sites is 1. The van der Waals surface area contributed by atoms with Gasteiger partial charge in [-0.05, 0) is 6.07 Å². The van der Waals surface area contributed by atoms with Gasteiger partial charge < -0.3 is 15.6 Å². The van der Waals surface area contributed by atoms with Crippen molar-refractivity contribution in [3.63, 3.8) is 0 Å². The lowest BCUT2D eigenvalue weighted by Crippen LogP contribution is -2.21. The number of nitrogens with two attached hydrogens (primary N) is 1. The van der Waals surface area contributed by atoms with Crippen LogP contribution in [0.5, 0.6) is 5.75 Å². The Morgan fingerprint density at radius 1 is 1.40 bits per heavy atom. The summed E-state index contributed by atoms with van der Waals surface area (Å²) in [4.78, 5) is 10.6. The minimum Gasteiger partial charge on any atom is -0.480 e. The van der Waals surface area contributed by atoms with Gasteiger partial charge in [-0.2, -0.15) is 8.78 Å². The summed E-state index contributed by atoms with van der Waals surface area (Å²) in [7, 11) is 0. The number of rotatable bonds is 4. The predicted molar refractivity (Wildman–Crippen MR) is 47.6 cm³/mol. The van der Waals surface area contributed by atoms with Gasteiger partial charge in [-0.15, -0.1) is 0 Å². The van der Waals surface area contributed by atoms with Crippen LogP contribution in [0.2, 0.25) is 0 Å². The van der Waals surface area contributed by atoms with E-state index in [2.05, 4.69) is 4.74 Å². The maximum atomic E-state index is 12.0. The lowest BCUT2D eigenvalue weighted by atomic mass is 10.1. The van der Waals surface area contributed by atoms with Gasteiger partial charge in [0.25, 0.3) is 0 Å². The van der Waals surface area contributed by atoms with Crippen LogP contribution in [0.25, 0.3) is 0 Å². The summed E-state index contributed by atoms with van der Waals surface area (Å²) in [6, 6.07) is 4.15. The average Bonchev–Trinajstić information content (AvgIpc) is 2.16.